The molecule has 2 unspecified atom stereocenters. The van der Waals surface area contributed by atoms with Gasteiger partial charge in [0.1, 0.15) is 0 Å². The van der Waals surface area contributed by atoms with Crippen molar-refractivity contribution in [2.75, 3.05) is 6.54 Å². The van der Waals surface area contributed by atoms with E-state index in [0.717, 1.165) is 11.1 Å². The van der Waals surface area contributed by atoms with Gasteiger partial charge in [0.15, 0.2) is 0 Å². The van der Waals surface area contributed by atoms with Crippen LogP contribution < -0.4 is 5.32 Å². The molecule has 1 rings (SSSR count). The smallest absolute Gasteiger partial charge is 0.304 e. The fourth-order valence-corrected chi connectivity index (χ4v) is 2.41. The molecular weight excluding hydrogens is 254 g/mol. The second-order valence-corrected chi connectivity index (χ2v) is 5.67. The van der Waals surface area contributed by atoms with Crippen LogP contribution in [0.3, 0.4) is 0 Å². The maximum absolute atomic E-state index is 10.6. The summed E-state index contributed by atoms with van der Waals surface area (Å²) < 4.78 is 0. The first kappa shape index (κ1) is 16.7. The Labute approximate surface area is 120 Å². The number of nitrogens with one attached hydrogen (secondary N) is 1. The monoisotopic (exact) mass is 279 g/mol. The average Bonchev–Trinajstić information content (AvgIpc) is 2.33. The van der Waals surface area contributed by atoms with Gasteiger partial charge in [-0.1, -0.05) is 37.6 Å². The Morgan fingerprint density at radius 1 is 1.30 bits per heavy atom. The molecular formula is C16H25NO3. The summed E-state index contributed by atoms with van der Waals surface area (Å²) in [6.07, 6.45) is -0.576. The van der Waals surface area contributed by atoms with Gasteiger partial charge in [0.2, 0.25) is 0 Å². The molecule has 0 amide bonds. The molecule has 3 N–H and O–H groups in total. The lowest BCUT2D eigenvalue weighted by molar-refractivity contribution is -0.136. The lowest BCUT2D eigenvalue weighted by Gasteiger charge is -2.29. The molecule has 0 heterocycles. The van der Waals surface area contributed by atoms with Crippen LogP contribution in [-0.2, 0) is 4.79 Å². The molecule has 0 aliphatic heterocycles. The maximum atomic E-state index is 10.6. The van der Waals surface area contributed by atoms with Gasteiger partial charge in [0.25, 0.3) is 0 Å². The van der Waals surface area contributed by atoms with Crippen LogP contribution in [0.2, 0.25) is 0 Å². The summed E-state index contributed by atoms with van der Waals surface area (Å²) in [5.74, 6) is -0.625. The van der Waals surface area contributed by atoms with E-state index in [9.17, 15) is 9.90 Å². The van der Waals surface area contributed by atoms with Gasteiger partial charge in [-0.05, 0) is 30.9 Å². The molecule has 1 aromatic carbocycles. The minimum absolute atomic E-state index is 0.0584. The van der Waals surface area contributed by atoms with Crippen molar-refractivity contribution in [3.8, 4) is 0 Å². The number of hydrogen-bond acceptors (Lipinski definition) is 3. The van der Waals surface area contributed by atoms with Gasteiger partial charge in [-0.2, -0.15) is 0 Å². The first-order chi connectivity index (χ1) is 9.32. The zero-order chi connectivity index (χ0) is 15.3. The number of benzene rings is 1. The van der Waals surface area contributed by atoms with Gasteiger partial charge in [-0.3, -0.25) is 4.79 Å². The average molecular weight is 279 g/mol. The number of aryl methyl sites for hydroxylation is 2. The highest BCUT2D eigenvalue weighted by Crippen LogP contribution is 2.25. The van der Waals surface area contributed by atoms with Gasteiger partial charge in [0, 0.05) is 12.6 Å². The van der Waals surface area contributed by atoms with Crippen LogP contribution in [0.25, 0.3) is 0 Å². The van der Waals surface area contributed by atoms with Crippen LogP contribution in [0.1, 0.15) is 43.1 Å². The fraction of sp³-hybridized carbons (Fsp3) is 0.562. The highest BCUT2D eigenvalue weighted by molar-refractivity contribution is 5.66. The molecule has 0 spiro atoms. The summed E-state index contributed by atoms with van der Waals surface area (Å²) in [4.78, 5) is 10.6. The SMILES string of the molecule is Cc1ccc(C(O)C(NCCC(=O)O)C(C)C)c(C)c1. The fourth-order valence-electron chi connectivity index (χ4n) is 2.41. The van der Waals surface area contributed by atoms with Gasteiger partial charge in [0.05, 0.1) is 12.5 Å². The Kier molecular flexibility index (Phi) is 6.17. The second-order valence-electron chi connectivity index (χ2n) is 5.67. The molecule has 0 aliphatic rings. The minimum atomic E-state index is -0.832. The van der Waals surface area contributed by atoms with Gasteiger partial charge in [-0.25, -0.2) is 0 Å². The van der Waals surface area contributed by atoms with Crippen molar-refractivity contribution in [3.05, 3.63) is 34.9 Å². The van der Waals surface area contributed by atoms with Crippen LogP contribution in [-0.4, -0.2) is 28.8 Å². The molecule has 1 aromatic rings. The summed E-state index contributed by atoms with van der Waals surface area (Å²) in [7, 11) is 0. The highest BCUT2D eigenvalue weighted by atomic mass is 16.4. The first-order valence-electron chi connectivity index (χ1n) is 7.03. The van der Waals surface area contributed by atoms with Crippen LogP contribution in [0.4, 0.5) is 0 Å². The van der Waals surface area contributed by atoms with E-state index < -0.39 is 12.1 Å². The number of aliphatic hydroxyl groups excluding tert-OH is 1. The molecule has 0 aromatic heterocycles. The van der Waals surface area contributed by atoms with Crippen molar-refractivity contribution in [2.45, 2.75) is 46.3 Å². The molecule has 0 saturated heterocycles. The molecule has 0 aliphatic carbocycles. The van der Waals surface area contributed by atoms with Gasteiger partial charge in [-0.15, -0.1) is 0 Å². The third kappa shape index (κ3) is 4.62. The topological polar surface area (TPSA) is 69.6 Å². The van der Waals surface area contributed by atoms with E-state index in [1.807, 2.05) is 45.9 Å². The van der Waals surface area contributed by atoms with E-state index in [0.29, 0.717) is 6.54 Å². The molecule has 0 fully saturated rings. The molecule has 2 atom stereocenters. The number of carbonyl (C=O) groups is 1. The van der Waals surface area contributed by atoms with Gasteiger partial charge < -0.3 is 15.5 Å². The van der Waals surface area contributed by atoms with E-state index >= 15 is 0 Å². The molecule has 112 valence electrons. The van der Waals surface area contributed by atoms with Crippen molar-refractivity contribution < 1.29 is 15.0 Å². The maximum Gasteiger partial charge on any atom is 0.304 e. The van der Waals surface area contributed by atoms with E-state index in [1.54, 1.807) is 0 Å². The summed E-state index contributed by atoms with van der Waals surface area (Å²) >= 11 is 0. The molecule has 4 heteroatoms. The van der Waals surface area contributed by atoms with Crippen molar-refractivity contribution in [3.63, 3.8) is 0 Å². The van der Waals surface area contributed by atoms with Crippen LogP contribution in [0.15, 0.2) is 18.2 Å². The lowest BCUT2D eigenvalue weighted by Crippen LogP contribution is -2.40. The Bertz CT molecular complexity index is 457. The van der Waals surface area contributed by atoms with Crippen LogP contribution in [0, 0.1) is 19.8 Å². The second kappa shape index (κ2) is 7.41. The quantitative estimate of drug-likeness (QED) is 0.717. The Morgan fingerprint density at radius 3 is 2.45 bits per heavy atom. The van der Waals surface area contributed by atoms with E-state index in [-0.39, 0.29) is 18.4 Å². The predicted molar refractivity (Wildman–Crippen MR) is 79.8 cm³/mol. The van der Waals surface area contributed by atoms with Crippen molar-refractivity contribution in [2.24, 2.45) is 5.92 Å². The van der Waals surface area contributed by atoms with Crippen LogP contribution >= 0.6 is 0 Å². The van der Waals surface area contributed by atoms with Crippen molar-refractivity contribution in [1.82, 2.24) is 5.32 Å². The Balaban J connectivity index is 2.82. The molecule has 0 saturated carbocycles. The summed E-state index contributed by atoms with van der Waals surface area (Å²) in [6, 6.07) is 5.83. The number of aliphatic hydroxyl groups is 1. The largest absolute Gasteiger partial charge is 0.481 e. The number of carboxylic acids is 1. The molecule has 0 radical (unpaired) electrons. The van der Waals surface area contributed by atoms with E-state index in [2.05, 4.69) is 5.32 Å². The predicted octanol–water partition coefficient (Wildman–Crippen LogP) is 2.43. The van der Waals surface area contributed by atoms with Crippen LogP contribution in [0.5, 0.6) is 0 Å². The van der Waals surface area contributed by atoms with E-state index in [4.69, 9.17) is 5.11 Å². The molecule has 0 bridgehead atoms. The third-order valence-electron chi connectivity index (χ3n) is 3.52. The minimum Gasteiger partial charge on any atom is -0.481 e. The zero-order valence-corrected chi connectivity index (χ0v) is 12.7. The summed E-state index contributed by atoms with van der Waals surface area (Å²) in [5.41, 5.74) is 3.12. The summed E-state index contributed by atoms with van der Waals surface area (Å²) in [5, 5.41) is 22.4. The highest BCUT2D eigenvalue weighted by Gasteiger charge is 2.24. The number of aliphatic carboxylic acids is 1. The normalized spacial score (nSPS) is 14.3. The standard InChI is InChI=1S/C16H25NO3/c1-10(2)15(17-8-7-14(18)19)16(20)13-6-5-11(3)9-12(13)4/h5-6,9-10,15-17,20H,7-8H2,1-4H3,(H,18,19). The lowest BCUT2D eigenvalue weighted by atomic mass is 9.90. The number of rotatable bonds is 7. The first-order valence-corrected chi connectivity index (χ1v) is 7.03. The Morgan fingerprint density at radius 2 is 1.95 bits per heavy atom. The summed E-state index contributed by atoms with van der Waals surface area (Å²) in [6.45, 7) is 8.41. The van der Waals surface area contributed by atoms with Crippen molar-refractivity contribution >= 4 is 5.97 Å². The van der Waals surface area contributed by atoms with Gasteiger partial charge >= 0.3 is 5.97 Å². The molecule has 4 nitrogen and oxygen atoms in total. The van der Waals surface area contributed by atoms with E-state index in [1.165, 1.54) is 5.56 Å². The van der Waals surface area contributed by atoms with Crippen molar-refractivity contribution in [1.29, 1.82) is 0 Å². The Hall–Kier alpha value is -1.39. The number of hydrogen-bond donors (Lipinski definition) is 3. The number of carboxylic acid groups (broad SMARTS) is 1. The zero-order valence-electron chi connectivity index (χ0n) is 12.7. The third-order valence-corrected chi connectivity index (χ3v) is 3.52. The molecule has 20 heavy (non-hydrogen) atoms.